The zero-order valence-electron chi connectivity index (χ0n) is 11.3. The molecule has 2 nitrogen and oxygen atoms in total. The van der Waals surface area contributed by atoms with Gasteiger partial charge in [-0.15, -0.1) is 0 Å². The molecule has 0 saturated heterocycles. The van der Waals surface area contributed by atoms with Crippen molar-refractivity contribution in [3.63, 3.8) is 0 Å². The number of benzene rings is 1. The first kappa shape index (κ1) is 17.1. The Hall–Kier alpha value is -0.940. The van der Waals surface area contributed by atoms with Crippen LogP contribution >= 0.6 is 11.6 Å². The molecule has 20 heavy (non-hydrogen) atoms. The molecule has 1 rings (SSSR count). The number of halogens is 4. The molecule has 0 amide bonds. The lowest BCUT2D eigenvalue weighted by Crippen LogP contribution is -2.36. The second-order valence-corrected chi connectivity index (χ2v) is 5.01. The first-order chi connectivity index (χ1) is 9.40. The summed E-state index contributed by atoms with van der Waals surface area (Å²) in [6.45, 7) is 2.85. The Morgan fingerprint density at radius 1 is 1.25 bits per heavy atom. The van der Waals surface area contributed by atoms with Crippen LogP contribution in [-0.4, -0.2) is 25.4 Å². The van der Waals surface area contributed by atoms with Crippen molar-refractivity contribution >= 4 is 11.6 Å². The fourth-order valence-electron chi connectivity index (χ4n) is 1.66. The summed E-state index contributed by atoms with van der Waals surface area (Å²) in [5.41, 5.74) is 0. The van der Waals surface area contributed by atoms with Crippen molar-refractivity contribution in [3.05, 3.63) is 29.3 Å². The van der Waals surface area contributed by atoms with E-state index in [-0.39, 0.29) is 19.1 Å². The summed E-state index contributed by atoms with van der Waals surface area (Å²) in [5, 5.41) is 3.67. The molecule has 1 atom stereocenters. The predicted octanol–water partition coefficient (Wildman–Crippen LogP) is 4.43. The third-order valence-electron chi connectivity index (χ3n) is 2.72. The van der Waals surface area contributed by atoms with Crippen molar-refractivity contribution in [2.45, 2.75) is 38.4 Å². The summed E-state index contributed by atoms with van der Waals surface area (Å²) >= 11 is 5.75. The molecular weight excluding hydrogens is 291 g/mol. The number of alkyl halides is 3. The van der Waals surface area contributed by atoms with Crippen LogP contribution in [0.15, 0.2) is 24.3 Å². The van der Waals surface area contributed by atoms with Gasteiger partial charge >= 0.3 is 6.18 Å². The summed E-state index contributed by atoms with van der Waals surface area (Å²) in [6, 6.07) is 6.45. The first-order valence-electron chi connectivity index (χ1n) is 6.59. The zero-order valence-corrected chi connectivity index (χ0v) is 12.1. The minimum atomic E-state index is -4.13. The van der Waals surface area contributed by atoms with Crippen molar-refractivity contribution in [1.29, 1.82) is 0 Å². The molecule has 0 saturated carbocycles. The van der Waals surface area contributed by atoms with Crippen molar-refractivity contribution in [1.82, 2.24) is 5.32 Å². The number of ether oxygens (including phenoxy) is 1. The number of hydrogen-bond acceptors (Lipinski definition) is 2. The fourth-order valence-corrected chi connectivity index (χ4v) is 1.78. The molecule has 0 bridgehead atoms. The maximum Gasteiger partial charge on any atom is 0.389 e. The average Bonchev–Trinajstić information content (AvgIpc) is 2.38. The van der Waals surface area contributed by atoms with Crippen molar-refractivity contribution in [2.75, 3.05) is 13.2 Å². The van der Waals surface area contributed by atoms with Gasteiger partial charge in [0, 0.05) is 17.5 Å². The topological polar surface area (TPSA) is 21.3 Å². The summed E-state index contributed by atoms with van der Waals surface area (Å²) in [6.07, 6.45) is -4.06. The fraction of sp³-hybridized carbons (Fsp3) is 0.571. The molecule has 0 heterocycles. The van der Waals surface area contributed by atoms with E-state index in [1.54, 1.807) is 24.3 Å². The highest BCUT2D eigenvalue weighted by molar-refractivity contribution is 6.30. The lowest BCUT2D eigenvalue weighted by atomic mass is 10.1. The lowest BCUT2D eigenvalue weighted by Gasteiger charge is -2.20. The maximum absolute atomic E-state index is 12.3. The third kappa shape index (κ3) is 7.60. The van der Waals surface area contributed by atoms with E-state index in [4.69, 9.17) is 16.3 Å². The predicted molar refractivity (Wildman–Crippen MR) is 74.3 cm³/mol. The highest BCUT2D eigenvalue weighted by Crippen LogP contribution is 2.23. The normalized spacial score (nSPS) is 13.2. The minimum Gasteiger partial charge on any atom is -0.492 e. The van der Waals surface area contributed by atoms with Gasteiger partial charge in [-0.1, -0.05) is 18.5 Å². The molecular formula is C14H19ClF3NO. The van der Waals surface area contributed by atoms with E-state index in [0.717, 1.165) is 6.42 Å². The van der Waals surface area contributed by atoms with Crippen LogP contribution in [0.1, 0.15) is 26.2 Å². The Morgan fingerprint density at radius 3 is 2.45 bits per heavy atom. The van der Waals surface area contributed by atoms with E-state index in [0.29, 0.717) is 17.3 Å². The Labute approximate surface area is 122 Å². The quantitative estimate of drug-likeness (QED) is 0.767. The molecule has 0 fully saturated rings. The molecule has 0 aliphatic carbocycles. The summed E-state index contributed by atoms with van der Waals surface area (Å²) in [4.78, 5) is 0. The van der Waals surface area contributed by atoms with Crippen LogP contribution in [0, 0.1) is 0 Å². The first-order valence-corrected chi connectivity index (χ1v) is 6.97. The number of nitrogens with one attached hydrogen (secondary N) is 1. The van der Waals surface area contributed by atoms with Gasteiger partial charge in [0.05, 0.1) is 0 Å². The summed E-state index contributed by atoms with van der Waals surface area (Å²) < 4.78 is 42.3. The second-order valence-electron chi connectivity index (χ2n) is 4.57. The van der Waals surface area contributed by atoms with Gasteiger partial charge in [-0.25, -0.2) is 0 Å². The largest absolute Gasteiger partial charge is 0.492 e. The summed E-state index contributed by atoms with van der Waals surface area (Å²) in [5.74, 6) is 0.602. The maximum atomic E-state index is 12.3. The van der Waals surface area contributed by atoms with Gasteiger partial charge in [0.25, 0.3) is 0 Å². The Bertz CT molecular complexity index is 381. The average molecular weight is 310 g/mol. The second kappa shape index (κ2) is 8.37. The SMILES string of the molecule is CCCNC(CCC(F)(F)F)COc1ccc(Cl)cc1. The van der Waals surface area contributed by atoms with Crippen LogP contribution in [-0.2, 0) is 0 Å². The van der Waals surface area contributed by atoms with Crippen LogP contribution in [0.4, 0.5) is 13.2 Å². The van der Waals surface area contributed by atoms with Gasteiger partial charge in [-0.2, -0.15) is 13.2 Å². The van der Waals surface area contributed by atoms with Crippen LogP contribution < -0.4 is 10.1 Å². The van der Waals surface area contributed by atoms with Crippen molar-refractivity contribution in [2.24, 2.45) is 0 Å². The smallest absolute Gasteiger partial charge is 0.389 e. The monoisotopic (exact) mass is 309 g/mol. The van der Waals surface area contributed by atoms with Gasteiger partial charge in [-0.05, 0) is 43.7 Å². The summed E-state index contributed by atoms with van der Waals surface area (Å²) in [7, 11) is 0. The highest BCUT2D eigenvalue weighted by Gasteiger charge is 2.28. The van der Waals surface area contributed by atoms with E-state index < -0.39 is 12.6 Å². The molecule has 1 aromatic rings. The molecule has 114 valence electrons. The van der Waals surface area contributed by atoms with E-state index in [2.05, 4.69) is 5.32 Å². The van der Waals surface area contributed by atoms with Crippen LogP contribution in [0.2, 0.25) is 5.02 Å². The van der Waals surface area contributed by atoms with Crippen molar-refractivity contribution in [3.8, 4) is 5.75 Å². The van der Waals surface area contributed by atoms with Gasteiger partial charge in [-0.3, -0.25) is 0 Å². The number of rotatable bonds is 8. The van der Waals surface area contributed by atoms with E-state index in [1.807, 2.05) is 6.92 Å². The molecule has 0 spiro atoms. The molecule has 0 aromatic heterocycles. The lowest BCUT2D eigenvalue weighted by molar-refractivity contribution is -0.137. The van der Waals surface area contributed by atoms with Crippen LogP contribution in [0.3, 0.4) is 0 Å². The standard InChI is InChI=1S/C14H19ClF3NO/c1-2-9-19-12(7-8-14(16,17)18)10-20-13-5-3-11(15)4-6-13/h3-6,12,19H,2,7-10H2,1H3. The molecule has 1 N–H and O–H groups in total. The van der Waals surface area contributed by atoms with E-state index >= 15 is 0 Å². The number of hydrogen-bond donors (Lipinski definition) is 1. The van der Waals surface area contributed by atoms with Gasteiger partial charge in [0.2, 0.25) is 0 Å². The Kier molecular flexibility index (Phi) is 7.16. The van der Waals surface area contributed by atoms with Gasteiger partial charge < -0.3 is 10.1 Å². The molecule has 1 aromatic carbocycles. The van der Waals surface area contributed by atoms with Crippen LogP contribution in [0.25, 0.3) is 0 Å². The Balaban J connectivity index is 2.44. The molecule has 0 aliphatic heterocycles. The molecule has 6 heteroatoms. The van der Waals surface area contributed by atoms with Gasteiger partial charge in [0.15, 0.2) is 0 Å². The van der Waals surface area contributed by atoms with Gasteiger partial charge in [0.1, 0.15) is 12.4 Å². The van der Waals surface area contributed by atoms with Crippen molar-refractivity contribution < 1.29 is 17.9 Å². The molecule has 0 radical (unpaired) electrons. The third-order valence-corrected chi connectivity index (χ3v) is 2.98. The Morgan fingerprint density at radius 2 is 1.90 bits per heavy atom. The highest BCUT2D eigenvalue weighted by atomic mass is 35.5. The molecule has 1 unspecified atom stereocenters. The molecule has 0 aliphatic rings. The minimum absolute atomic E-state index is 0.0110. The van der Waals surface area contributed by atoms with E-state index in [9.17, 15) is 13.2 Å². The van der Waals surface area contributed by atoms with Crippen LogP contribution in [0.5, 0.6) is 5.75 Å². The zero-order chi connectivity index (χ0) is 15.0. The van der Waals surface area contributed by atoms with E-state index in [1.165, 1.54) is 0 Å².